The fourth-order valence-electron chi connectivity index (χ4n) is 1.34. The van der Waals surface area contributed by atoms with Crippen molar-refractivity contribution in [3.05, 3.63) is 39.9 Å². The average Bonchev–Trinajstić information content (AvgIpc) is 2.31. The molecule has 1 aromatic rings. The molecule has 88 valence electrons. The third kappa shape index (κ3) is 3.60. The molecule has 1 rings (SSSR count). The number of nitrogens with one attached hydrogen (secondary N) is 1. The summed E-state index contributed by atoms with van der Waals surface area (Å²) in [5, 5.41) is 22.6. The van der Waals surface area contributed by atoms with Crippen LogP contribution in [0.25, 0.3) is 0 Å². The molecule has 1 atom stereocenters. The van der Waals surface area contributed by atoms with Gasteiger partial charge >= 0.3 is 0 Å². The van der Waals surface area contributed by atoms with E-state index in [4.69, 9.17) is 5.11 Å². The topological polar surface area (TPSA) is 75.4 Å². The number of nitrogens with zero attached hydrogens (tertiary/aromatic N) is 1. The molecule has 5 nitrogen and oxygen atoms in total. The van der Waals surface area contributed by atoms with Crippen molar-refractivity contribution >= 4 is 5.69 Å². The SMILES string of the molecule is CC[C@H](CO)NCc1ccc([N+](=O)[O-])cc1. The van der Waals surface area contributed by atoms with E-state index in [-0.39, 0.29) is 18.3 Å². The van der Waals surface area contributed by atoms with E-state index in [9.17, 15) is 10.1 Å². The van der Waals surface area contributed by atoms with Crippen molar-refractivity contribution in [2.24, 2.45) is 0 Å². The number of nitro groups is 1. The summed E-state index contributed by atoms with van der Waals surface area (Å²) in [6, 6.07) is 6.48. The summed E-state index contributed by atoms with van der Waals surface area (Å²) in [7, 11) is 0. The van der Waals surface area contributed by atoms with Gasteiger partial charge in [0, 0.05) is 24.7 Å². The molecular weight excluding hydrogens is 208 g/mol. The number of hydrogen-bond acceptors (Lipinski definition) is 4. The Kier molecular flexibility index (Phi) is 4.88. The third-order valence-electron chi connectivity index (χ3n) is 2.46. The van der Waals surface area contributed by atoms with E-state index in [1.165, 1.54) is 12.1 Å². The second-order valence-electron chi connectivity index (χ2n) is 3.59. The number of aliphatic hydroxyl groups excluding tert-OH is 1. The molecule has 0 saturated carbocycles. The molecule has 16 heavy (non-hydrogen) atoms. The molecule has 0 radical (unpaired) electrons. The van der Waals surface area contributed by atoms with Crippen molar-refractivity contribution < 1.29 is 10.0 Å². The zero-order valence-corrected chi connectivity index (χ0v) is 9.22. The van der Waals surface area contributed by atoms with Crippen molar-refractivity contribution in [2.45, 2.75) is 25.9 Å². The zero-order valence-electron chi connectivity index (χ0n) is 9.22. The Hall–Kier alpha value is -1.46. The lowest BCUT2D eigenvalue weighted by molar-refractivity contribution is -0.384. The molecule has 0 unspecified atom stereocenters. The number of aliphatic hydroxyl groups is 1. The highest BCUT2D eigenvalue weighted by atomic mass is 16.6. The highest BCUT2D eigenvalue weighted by Gasteiger charge is 2.06. The van der Waals surface area contributed by atoms with Crippen LogP contribution in [-0.4, -0.2) is 22.7 Å². The molecule has 0 aliphatic heterocycles. The maximum absolute atomic E-state index is 10.4. The molecule has 0 saturated heterocycles. The van der Waals surface area contributed by atoms with E-state index >= 15 is 0 Å². The van der Waals surface area contributed by atoms with Gasteiger partial charge in [0.25, 0.3) is 5.69 Å². The number of benzene rings is 1. The van der Waals surface area contributed by atoms with Crippen LogP contribution in [0.3, 0.4) is 0 Å². The lowest BCUT2D eigenvalue weighted by Crippen LogP contribution is -2.31. The monoisotopic (exact) mass is 224 g/mol. The molecule has 0 aliphatic carbocycles. The lowest BCUT2D eigenvalue weighted by atomic mass is 10.2. The van der Waals surface area contributed by atoms with Gasteiger partial charge in [-0.2, -0.15) is 0 Å². The molecule has 0 aliphatic rings. The number of non-ortho nitro benzene ring substituents is 1. The summed E-state index contributed by atoms with van der Waals surface area (Å²) >= 11 is 0. The molecule has 5 heteroatoms. The first-order valence-electron chi connectivity index (χ1n) is 5.25. The molecule has 2 N–H and O–H groups in total. The first kappa shape index (κ1) is 12.6. The maximum Gasteiger partial charge on any atom is 0.269 e. The van der Waals surface area contributed by atoms with Gasteiger partial charge in [-0.25, -0.2) is 0 Å². The van der Waals surface area contributed by atoms with E-state index in [0.717, 1.165) is 12.0 Å². The summed E-state index contributed by atoms with van der Waals surface area (Å²) in [5.74, 6) is 0. The molecule has 0 bridgehead atoms. The summed E-state index contributed by atoms with van der Waals surface area (Å²) in [4.78, 5) is 10.0. The number of rotatable bonds is 6. The third-order valence-corrected chi connectivity index (χ3v) is 2.46. The highest BCUT2D eigenvalue weighted by molar-refractivity contribution is 5.32. The Morgan fingerprint density at radius 3 is 2.50 bits per heavy atom. The van der Waals surface area contributed by atoms with Crippen LogP contribution in [0.5, 0.6) is 0 Å². The van der Waals surface area contributed by atoms with E-state index in [1.54, 1.807) is 12.1 Å². The molecule has 0 heterocycles. The van der Waals surface area contributed by atoms with E-state index < -0.39 is 4.92 Å². The summed E-state index contributed by atoms with van der Waals surface area (Å²) in [6.07, 6.45) is 0.851. The van der Waals surface area contributed by atoms with Gasteiger partial charge in [-0.3, -0.25) is 10.1 Å². The lowest BCUT2D eigenvalue weighted by Gasteiger charge is -2.13. The van der Waals surface area contributed by atoms with Gasteiger partial charge in [0.15, 0.2) is 0 Å². The van der Waals surface area contributed by atoms with Crippen molar-refractivity contribution in [1.29, 1.82) is 0 Å². The van der Waals surface area contributed by atoms with Crippen LogP contribution in [0.2, 0.25) is 0 Å². The zero-order chi connectivity index (χ0) is 12.0. The molecule has 1 aromatic carbocycles. The van der Waals surface area contributed by atoms with Crippen molar-refractivity contribution in [3.63, 3.8) is 0 Å². The summed E-state index contributed by atoms with van der Waals surface area (Å²) in [6.45, 7) is 2.70. The number of hydrogen-bond donors (Lipinski definition) is 2. The quantitative estimate of drug-likeness (QED) is 0.566. The predicted octanol–water partition coefficient (Wildman–Crippen LogP) is 1.46. The van der Waals surface area contributed by atoms with E-state index in [1.807, 2.05) is 6.92 Å². The van der Waals surface area contributed by atoms with Crippen LogP contribution >= 0.6 is 0 Å². The fraction of sp³-hybridized carbons (Fsp3) is 0.455. The van der Waals surface area contributed by atoms with Crippen LogP contribution in [0.4, 0.5) is 5.69 Å². The average molecular weight is 224 g/mol. The first-order valence-corrected chi connectivity index (χ1v) is 5.25. The standard InChI is InChI=1S/C11H16N2O3/c1-2-10(8-14)12-7-9-3-5-11(6-4-9)13(15)16/h3-6,10,12,14H,2,7-8H2,1H3/t10-/m1/s1. The summed E-state index contributed by atoms with van der Waals surface area (Å²) < 4.78 is 0. The molecule has 0 spiro atoms. The number of nitro benzene ring substituents is 1. The molecule has 0 aromatic heterocycles. The van der Waals surface area contributed by atoms with Crippen LogP contribution in [0.15, 0.2) is 24.3 Å². The van der Waals surface area contributed by atoms with Gasteiger partial charge in [0.2, 0.25) is 0 Å². The van der Waals surface area contributed by atoms with Gasteiger partial charge < -0.3 is 10.4 Å². The van der Waals surface area contributed by atoms with Crippen LogP contribution in [0.1, 0.15) is 18.9 Å². The fourth-order valence-corrected chi connectivity index (χ4v) is 1.34. The van der Waals surface area contributed by atoms with Gasteiger partial charge in [-0.1, -0.05) is 19.1 Å². The van der Waals surface area contributed by atoms with Crippen molar-refractivity contribution in [1.82, 2.24) is 5.32 Å². The Bertz CT molecular complexity index is 334. The smallest absolute Gasteiger partial charge is 0.269 e. The van der Waals surface area contributed by atoms with Crippen LogP contribution in [0, 0.1) is 10.1 Å². The molecular formula is C11H16N2O3. The van der Waals surface area contributed by atoms with Gasteiger partial charge in [0.1, 0.15) is 0 Å². The van der Waals surface area contributed by atoms with Crippen LogP contribution in [-0.2, 0) is 6.54 Å². The Balaban J connectivity index is 2.52. The Labute approximate surface area is 94.3 Å². The van der Waals surface area contributed by atoms with Gasteiger partial charge in [-0.05, 0) is 12.0 Å². The Morgan fingerprint density at radius 2 is 2.06 bits per heavy atom. The Morgan fingerprint density at radius 1 is 1.44 bits per heavy atom. The summed E-state index contributed by atoms with van der Waals surface area (Å²) in [5.41, 5.74) is 1.07. The minimum absolute atomic E-state index is 0.0789. The van der Waals surface area contributed by atoms with Crippen molar-refractivity contribution in [3.8, 4) is 0 Å². The second kappa shape index (κ2) is 6.19. The largest absolute Gasteiger partial charge is 0.395 e. The molecule has 0 fully saturated rings. The highest BCUT2D eigenvalue weighted by Crippen LogP contribution is 2.11. The van der Waals surface area contributed by atoms with E-state index in [0.29, 0.717) is 6.54 Å². The first-order chi connectivity index (χ1) is 7.67. The van der Waals surface area contributed by atoms with Gasteiger partial charge in [0.05, 0.1) is 11.5 Å². The molecule has 0 amide bonds. The minimum atomic E-state index is -0.417. The van der Waals surface area contributed by atoms with Crippen LogP contribution < -0.4 is 5.32 Å². The van der Waals surface area contributed by atoms with E-state index in [2.05, 4.69) is 5.32 Å². The normalized spacial score (nSPS) is 12.4. The van der Waals surface area contributed by atoms with Gasteiger partial charge in [-0.15, -0.1) is 0 Å². The second-order valence-corrected chi connectivity index (χ2v) is 3.59. The minimum Gasteiger partial charge on any atom is -0.395 e. The predicted molar refractivity (Wildman–Crippen MR) is 61.1 cm³/mol. The van der Waals surface area contributed by atoms with Crippen molar-refractivity contribution in [2.75, 3.05) is 6.61 Å². The maximum atomic E-state index is 10.4.